The molecule has 460 valence electrons. The molecule has 1 amide bonds. The number of hydrogen-bond acceptors (Lipinski definition) is 18. The molecule has 79 heavy (non-hydrogen) atoms. The maximum absolute atomic E-state index is 13.3. The fourth-order valence-electron chi connectivity index (χ4n) is 10.1. The first kappa shape index (κ1) is 71.0. The highest BCUT2D eigenvalue weighted by Crippen LogP contribution is 2.33. The maximum Gasteiger partial charge on any atom is 0.220 e. The molecular weight excluding hydrogens is 1020 g/mol. The van der Waals surface area contributed by atoms with Crippen molar-refractivity contribution in [3.8, 4) is 0 Å². The molecule has 12 N–H and O–H groups in total. The molecule has 0 saturated carbocycles. The number of aliphatic hydroxyl groups is 11. The first-order valence-corrected chi connectivity index (χ1v) is 30.4. The Bertz CT molecular complexity index is 1630. The number of allylic oxidation sites excluding steroid dienone is 7. The van der Waals surface area contributed by atoms with Gasteiger partial charge in [-0.3, -0.25) is 4.79 Å². The van der Waals surface area contributed by atoms with Crippen molar-refractivity contribution in [1.29, 1.82) is 0 Å². The first-order chi connectivity index (χ1) is 38.3. The van der Waals surface area contributed by atoms with Crippen molar-refractivity contribution < 1.29 is 89.4 Å². The summed E-state index contributed by atoms with van der Waals surface area (Å²) in [6.07, 6.45) is 20.8. The van der Waals surface area contributed by atoms with Crippen LogP contribution in [0.4, 0.5) is 0 Å². The van der Waals surface area contributed by atoms with Gasteiger partial charge in [0.25, 0.3) is 0 Å². The van der Waals surface area contributed by atoms with Crippen molar-refractivity contribution in [2.45, 2.75) is 298 Å². The van der Waals surface area contributed by atoms with Gasteiger partial charge >= 0.3 is 0 Å². The van der Waals surface area contributed by atoms with E-state index in [4.69, 9.17) is 28.4 Å². The fourth-order valence-corrected chi connectivity index (χ4v) is 10.1. The molecule has 0 bridgehead atoms. The molecule has 17 atom stereocenters. The van der Waals surface area contributed by atoms with Crippen molar-refractivity contribution in [3.63, 3.8) is 0 Å². The van der Waals surface area contributed by atoms with Gasteiger partial charge in [0.1, 0.15) is 73.2 Å². The number of rotatable bonds is 44. The number of carbonyl (C=O) groups is 1. The Labute approximate surface area is 472 Å². The molecule has 0 spiro atoms. The van der Waals surface area contributed by atoms with Crippen LogP contribution in [0, 0.1) is 0 Å². The van der Waals surface area contributed by atoms with E-state index in [1.54, 1.807) is 6.08 Å². The van der Waals surface area contributed by atoms with Crippen LogP contribution in [0.15, 0.2) is 48.6 Å². The number of nitrogens with one attached hydrogen (secondary N) is 1. The summed E-state index contributed by atoms with van der Waals surface area (Å²) in [5.41, 5.74) is 0. The smallest absolute Gasteiger partial charge is 0.220 e. The summed E-state index contributed by atoms with van der Waals surface area (Å²) in [5.74, 6) is -0.287. The molecule has 3 saturated heterocycles. The van der Waals surface area contributed by atoms with Gasteiger partial charge in [0.05, 0.1) is 38.6 Å². The van der Waals surface area contributed by atoms with Gasteiger partial charge in [-0.1, -0.05) is 184 Å². The van der Waals surface area contributed by atoms with Gasteiger partial charge in [-0.2, -0.15) is 0 Å². The summed E-state index contributed by atoms with van der Waals surface area (Å²) in [4.78, 5) is 13.3. The summed E-state index contributed by atoms with van der Waals surface area (Å²) < 4.78 is 34.2. The Kier molecular flexibility index (Phi) is 39.0. The van der Waals surface area contributed by atoms with Gasteiger partial charge < -0.3 is 89.9 Å². The highest BCUT2D eigenvalue weighted by Gasteiger charge is 2.53. The monoisotopic (exact) mass is 1130 g/mol. The van der Waals surface area contributed by atoms with Crippen molar-refractivity contribution >= 4 is 5.91 Å². The van der Waals surface area contributed by atoms with E-state index in [1.165, 1.54) is 77.0 Å². The molecule has 17 unspecified atom stereocenters. The molecule has 3 aliphatic rings. The Morgan fingerprint density at radius 1 is 0.468 bits per heavy atom. The summed E-state index contributed by atoms with van der Waals surface area (Å²) in [6.45, 7) is 1.60. The zero-order chi connectivity index (χ0) is 57.6. The Morgan fingerprint density at radius 2 is 0.873 bits per heavy atom. The number of amides is 1. The van der Waals surface area contributed by atoms with Gasteiger partial charge in [-0.25, -0.2) is 0 Å². The molecule has 3 rings (SSSR count). The summed E-state index contributed by atoms with van der Waals surface area (Å²) in [5, 5.41) is 120. The third kappa shape index (κ3) is 27.3. The summed E-state index contributed by atoms with van der Waals surface area (Å²) >= 11 is 0. The molecule has 0 aromatic carbocycles. The van der Waals surface area contributed by atoms with E-state index in [-0.39, 0.29) is 18.9 Å². The number of unbranched alkanes of at least 4 members (excludes halogenated alkanes) is 22. The molecule has 3 aliphatic heterocycles. The van der Waals surface area contributed by atoms with Gasteiger partial charge in [0, 0.05) is 6.42 Å². The number of aliphatic hydroxyl groups excluding tert-OH is 11. The first-order valence-electron chi connectivity index (χ1n) is 30.4. The van der Waals surface area contributed by atoms with Crippen LogP contribution in [-0.4, -0.2) is 193 Å². The topological polar surface area (TPSA) is 307 Å². The van der Waals surface area contributed by atoms with Crippen LogP contribution in [0.2, 0.25) is 0 Å². The molecule has 3 fully saturated rings. The Balaban J connectivity index is 1.51. The van der Waals surface area contributed by atoms with Crippen LogP contribution in [0.25, 0.3) is 0 Å². The zero-order valence-electron chi connectivity index (χ0n) is 47.8. The lowest BCUT2D eigenvalue weighted by atomic mass is 9.96. The largest absolute Gasteiger partial charge is 0.394 e. The van der Waals surface area contributed by atoms with Crippen LogP contribution in [0.3, 0.4) is 0 Å². The van der Waals surface area contributed by atoms with Crippen LogP contribution in [0.5, 0.6) is 0 Å². The van der Waals surface area contributed by atoms with Gasteiger partial charge in [0.15, 0.2) is 18.9 Å². The molecule has 0 aromatic rings. The summed E-state index contributed by atoms with van der Waals surface area (Å²) in [7, 11) is 0. The predicted octanol–water partition coefficient (Wildman–Crippen LogP) is 5.48. The quantitative estimate of drug-likeness (QED) is 0.0265. The van der Waals surface area contributed by atoms with E-state index in [1.807, 2.05) is 6.08 Å². The predicted molar refractivity (Wildman–Crippen MR) is 300 cm³/mol. The molecule has 19 heteroatoms. The van der Waals surface area contributed by atoms with Crippen LogP contribution >= 0.6 is 0 Å². The lowest BCUT2D eigenvalue weighted by Crippen LogP contribution is -2.66. The van der Waals surface area contributed by atoms with Crippen LogP contribution in [0.1, 0.15) is 194 Å². The van der Waals surface area contributed by atoms with E-state index in [0.717, 1.165) is 89.9 Å². The Morgan fingerprint density at radius 3 is 1.37 bits per heavy atom. The number of hydrogen-bond donors (Lipinski definition) is 12. The van der Waals surface area contributed by atoms with Crippen molar-refractivity contribution in [3.05, 3.63) is 48.6 Å². The SMILES string of the molecule is CC/C=C\C/C=C\C/C=C\CCCCCCCCCC(=O)NC(COC1OC(CO)C(OC2OC(CO)C(OC3OC(CO)C(O)C(O)C3O)C(O)C2O)C(O)C1O)C(O)/C=C/CCCCCCCCCCCCCCCCC. The molecule has 0 aromatic heterocycles. The maximum atomic E-state index is 13.3. The average Bonchev–Trinajstić information content (AvgIpc) is 3.54. The van der Waals surface area contributed by atoms with E-state index in [2.05, 4.69) is 55.6 Å². The minimum Gasteiger partial charge on any atom is -0.394 e. The van der Waals surface area contributed by atoms with E-state index >= 15 is 0 Å². The minimum absolute atomic E-state index is 0.231. The highest BCUT2D eigenvalue weighted by molar-refractivity contribution is 5.76. The van der Waals surface area contributed by atoms with Crippen molar-refractivity contribution in [2.75, 3.05) is 26.4 Å². The van der Waals surface area contributed by atoms with E-state index < -0.39 is 124 Å². The Hall–Kier alpha value is -2.25. The third-order valence-electron chi connectivity index (χ3n) is 15.1. The van der Waals surface area contributed by atoms with Crippen LogP contribution < -0.4 is 5.32 Å². The standard InChI is InChI=1S/C60H107NO18/c1-3-5-7-9-11-13-15-17-19-21-23-25-27-29-31-33-35-37-44(65)43(61-48(66)38-36-34-32-30-28-26-24-22-20-18-16-14-12-10-8-6-4-2)42-74-58-54(72)51(69)56(46(40-63)76-58)79-60-55(73)52(70)57(47(41-64)77-60)78-59-53(71)50(68)49(67)45(39-62)75-59/h6,8,12,14,18,20,35,37,43-47,49-60,62-65,67-73H,3-5,7,9-11,13,15-17,19,21-34,36,38-42H2,1-2H3,(H,61,66)/b8-6-,14-12-,20-18-,37-35+. The van der Waals surface area contributed by atoms with Gasteiger partial charge in [-0.15, -0.1) is 0 Å². The fraction of sp³-hybridized carbons (Fsp3) is 0.850. The minimum atomic E-state index is -1.98. The van der Waals surface area contributed by atoms with Gasteiger partial charge in [-0.05, 0) is 51.4 Å². The van der Waals surface area contributed by atoms with Crippen molar-refractivity contribution in [2.24, 2.45) is 0 Å². The normalized spacial score (nSPS) is 30.6. The van der Waals surface area contributed by atoms with Gasteiger partial charge in [0.2, 0.25) is 5.91 Å². The lowest BCUT2D eigenvalue weighted by Gasteiger charge is -2.48. The highest BCUT2D eigenvalue weighted by atomic mass is 16.8. The summed E-state index contributed by atoms with van der Waals surface area (Å²) in [6, 6.07) is -0.979. The van der Waals surface area contributed by atoms with Crippen molar-refractivity contribution in [1.82, 2.24) is 5.32 Å². The molecule has 0 aliphatic carbocycles. The second-order valence-corrected chi connectivity index (χ2v) is 21.8. The average molecular weight is 1130 g/mol. The molecule has 0 radical (unpaired) electrons. The molecule has 3 heterocycles. The van der Waals surface area contributed by atoms with E-state index in [9.17, 15) is 61.0 Å². The zero-order valence-corrected chi connectivity index (χ0v) is 47.8. The number of ether oxygens (including phenoxy) is 6. The molecule has 19 nitrogen and oxygen atoms in total. The second-order valence-electron chi connectivity index (χ2n) is 21.8. The molecular formula is C60H107NO18. The third-order valence-corrected chi connectivity index (χ3v) is 15.1. The van der Waals surface area contributed by atoms with Crippen LogP contribution in [-0.2, 0) is 33.2 Å². The second kappa shape index (κ2) is 43.4. The number of carbonyl (C=O) groups excluding carboxylic acids is 1. The lowest BCUT2D eigenvalue weighted by molar-refractivity contribution is -0.379. The van der Waals surface area contributed by atoms with E-state index in [0.29, 0.717) is 6.42 Å².